The van der Waals surface area contributed by atoms with Crippen LogP contribution in [0.1, 0.15) is 29.7 Å². The Balaban J connectivity index is 1.60. The maximum atomic E-state index is 12.2. The predicted molar refractivity (Wildman–Crippen MR) is 96.2 cm³/mol. The maximum Gasteiger partial charge on any atom is 0.230 e. The molecule has 0 saturated heterocycles. The second kappa shape index (κ2) is 7.05. The first-order valence-electron chi connectivity index (χ1n) is 7.83. The molecule has 1 N–H and O–H groups in total. The highest BCUT2D eigenvalue weighted by Gasteiger charge is 2.12. The Morgan fingerprint density at radius 3 is 2.83 bits per heavy atom. The normalized spacial score (nSPS) is 12.3. The van der Waals surface area contributed by atoms with Crippen molar-refractivity contribution in [3.05, 3.63) is 59.3 Å². The fourth-order valence-electron chi connectivity index (χ4n) is 2.45. The predicted octanol–water partition coefficient (Wildman–Crippen LogP) is 3.32. The quantitative estimate of drug-likeness (QED) is 0.724. The van der Waals surface area contributed by atoms with Gasteiger partial charge >= 0.3 is 0 Å². The number of hydrogen-bond donors (Lipinski definition) is 1. The highest BCUT2D eigenvalue weighted by molar-refractivity contribution is 7.99. The van der Waals surface area contributed by atoms with Crippen molar-refractivity contribution in [2.45, 2.75) is 32.0 Å². The number of pyridine rings is 1. The van der Waals surface area contributed by atoms with Crippen LogP contribution < -0.4 is 5.32 Å². The van der Waals surface area contributed by atoms with Gasteiger partial charge < -0.3 is 5.32 Å². The van der Waals surface area contributed by atoms with Gasteiger partial charge in [-0.05, 0) is 49.6 Å². The summed E-state index contributed by atoms with van der Waals surface area (Å²) in [5, 5.41) is 12.0. The number of aryl methyl sites for hydroxylation is 2. The summed E-state index contributed by atoms with van der Waals surface area (Å²) in [6.07, 6.45) is 1.90. The molecule has 0 aliphatic heterocycles. The standard InChI is InChI=1S/C18H20N4OS/c1-12-7-8-15(10-13(12)2)14(3)19-17(23)11-24-18-21-20-16-6-4-5-9-22(16)18/h4-10,14H,11H2,1-3H3,(H,19,23)/t14-/m1/s1. The molecule has 0 saturated carbocycles. The van der Waals surface area contributed by atoms with Gasteiger partial charge in [0.2, 0.25) is 5.91 Å². The van der Waals surface area contributed by atoms with E-state index in [9.17, 15) is 4.79 Å². The Morgan fingerprint density at radius 1 is 1.21 bits per heavy atom. The van der Waals surface area contributed by atoms with Crippen molar-refractivity contribution in [1.29, 1.82) is 0 Å². The van der Waals surface area contributed by atoms with Gasteiger partial charge in [0.15, 0.2) is 10.8 Å². The molecule has 6 heteroatoms. The lowest BCUT2D eigenvalue weighted by Gasteiger charge is -2.15. The van der Waals surface area contributed by atoms with E-state index in [1.54, 1.807) is 0 Å². The number of carbonyl (C=O) groups is 1. The summed E-state index contributed by atoms with van der Waals surface area (Å²) >= 11 is 1.38. The first-order chi connectivity index (χ1) is 11.5. The van der Waals surface area contributed by atoms with Gasteiger partial charge in [0.1, 0.15) is 0 Å². The number of rotatable bonds is 5. The van der Waals surface area contributed by atoms with Crippen LogP contribution in [0.5, 0.6) is 0 Å². The zero-order chi connectivity index (χ0) is 17.1. The number of thioether (sulfide) groups is 1. The fraction of sp³-hybridized carbons (Fsp3) is 0.278. The van der Waals surface area contributed by atoms with Gasteiger partial charge in [0.25, 0.3) is 0 Å². The Bertz CT molecular complexity index is 874. The molecule has 1 atom stereocenters. The van der Waals surface area contributed by atoms with Crippen molar-refractivity contribution < 1.29 is 4.79 Å². The SMILES string of the molecule is Cc1ccc([C@@H](C)NC(=O)CSc2nnc3ccccn23)cc1C. The van der Waals surface area contributed by atoms with Crippen molar-refractivity contribution in [2.75, 3.05) is 5.75 Å². The third kappa shape index (κ3) is 3.59. The molecule has 3 aromatic rings. The average Bonchev–Trinajstić information content (AvgIpc) is 2.98. The van der Waals surface area contributed by atoms with Crippen molar-refractivity contribution in [2.24, 2.45) is 0 Å². The molecule has 0 unspecified atom stereocenters. The van der Waals surface area contributed by atoms with E-state index in [-0.39, 0.29) is 11.9 Å². The third-order valence-electron chi connectivity index (χ3n) is 4.02. The van der Waals surface area contributed by atoms with E-state index in [1.165, 1.54) is 22.9 Å². The molecule has 0 spiro atoms. The number of aromatic nitrogens is 3. The molecule has 0 aliphatic carbocycles. The van der Waals surface area contributed by atoms with E-state index in [2.05, 4.69) is 47.6 Å². The van der Waals surface area contributed by atoms with Gasteiger partial charge in [-0.1, -0.05) is 36.0 Å². The molecule has 0 radical (unpaired) electrons. The smallest absolute Gasteiger partial charge is 0.230 e. The summed E-state index contributed by atoms with van der Waals surface area (Å²) in [4.78, 5) is 12.2. The van der Waals surface area contributed by atoms with Crippen LogP contribution in [-0.4, -0.2) is 26.3 Å². The molecule has 0 aliphatic rings. The van der Waals surface area contributed by atoms with Crippen LogP contribution in [-0.2, 0) is 4.79 Å². The van der Waals surface area contributed by atoms with Crippen molar-refractivity contribution >= 4 is 23.3 Å². The molecule has 2 heterocycles. The number of carbonyl (C=O) groups excluding carboxylic acids is 1. The molecule has 2 aromatic heterocycles. The van der Waals surface area contributed by atoms with Gasteiger partial charge in [-0.2, -0.15) is 0 Å². The van der Waals surface area contributed by atoms with E-state index in [4.69, 9.17) is 0 Å². The van der Waals surface area contributed by atoms with Crippen LogP contribution >= 0.6 is 11.8 Å². The number of amides is 1. The second-order valence-corrected chi connectivity index (χ2v) is 6.78. The zero-order valence-electron chi connectivity index (χ0n) is 14.0. The monoisotopic (exact) mass is 340 g/mol. The van der Waals surface area contributed by atoms with E-state index in [0.29, 0.717) is 5.75 Å². The minimum absolute atomic E-state index is 0.0154. The molecule has 124 valence electrons. The maximum absolute atomic E-state index is 12.2. The van der Waals surface area contributed by atoms with Crippen LogP contribution in [0.3, 0.4) is 0 Å². The Kier molecular flexibility index (Phi) is 4.85. The number of fused-ring (bicyclic) bond motifs is 1. The van der Waals surface area contributed by atoms with Gasteiger partial charge in [-0.25, -0.2) is 0 Å². The molecule has 5 nitrogen and oxygen atoms in total. The largest absolute Gasteiger partial charge is 0.349 e. The van der Waals surface area contributed by atoms with Gasteiger partial charge in [-0.3, -0.25) is 9.20 Å². The Hall–Kier alpha value is -2.34. The minimum atomic E-state index is -0.0208. The first-order valence-corrected chi connectivity index (χ1v) is 8.82. The fourth-order valence-corrected chi connectivity index (χ4v) is 3.18. The van der Waals surface area contributed by atoms with Crippen molar-refractivity contribution in [3.8, 4) is 0 Å². The van der Waals surface area contributed by atoms with E-state index in [1.807, 2.05) is 35.7 Å². The van der Waals surface area contributed by atoms with Crippen molar-refractivity contribution in [3.63, 3.8) is 0 Å². The Morgan fingerprint density at radius 2 is 2.04 bits per heavy atom. The lowest BCUT2D eigenvalue weighted by molar-refractivity contribution is -0.119. The van der Waals surface area contributed by atoms with Crippen LogP contribution in [0.15, 0.2) is 47.8 Å². The van der Waals surface area contributed by atoms with Crippen LogP contribution in [0.25, 0.3) is 5.65 Å². The third-order valence-corrected chi connectivity index (χ3v) is 4.97. The summed E-state index contributed by atoms with van der Waals surface area (Å²) in [7, 11) is 0. The number of benzene rings is 1. The molecule has 3 rings (SSSR count). The van der Waals surface area contributed by atoms with E-state index < -0.39 is 0 Å². The number of nitrogens with one attached hydrogen (secondary N) is 1. The summed E-state index contributed by atoms with van der Waals surface area (Å²) in [5.41, 5.74) is 4.39. The minimum Gasteiger partial charge on any atom is -0.349 e. The van der Waals surface area contributed by atoms with Crippen LogP contribution in [0.2, 0.25) is 0 Å². The van der Waals surface area contributed by atoms with E-state index in [0.717, 1.165) is 16.4 Å². The van der Waals surface area contributed by atoms with Gasteiger partial charge in [0, 0.05) is 6.20 Å². The summed E-state index contributed by atoms with van der Waals surface area (Å²) in [6, 6.07) is 12.0. The molecule has 0 fully saturated rings. The first kappa shape index (κ1) is 16.5. The number of hydrogen-bond acceptors (Lipinski definition) is 4. The molecular formula is C18H20N4OS. The summed E-state index contributed by atoms with van der Waals surface area (Å²) in [6.45, 7) is 6.17. The molecule has 1 amide bonds. The van der Waals surface area contributed by atoms with Crippen LogP contribution in [0.4, 0.5) is 0 Å². The highest BCUT2D eigenvalue weighted by atomic mass is 32.2. The van der Waals surface area contributed by atoms with Gasteiger partial charge in [0.05, 0.1) is 11.8 Å². The topological polar surface area (TPSA) is 59.3 Å². The van der Waals surface area contributed by atoms with Crippen LogP contribution in [0, 0.1) is 13.8 Å². The summed E-state index contributed by atoms with van der Waals surface area (Å²) < 4.78 is 1.88. The average molecular weight is 340 g/mol. The lowest BCUT2D eigenvalue weighted by Crippen LogP contribution is -2.28. The molecule has 24 heavy (non-hydrogen) atoms. The highest BCUT2D eigenvalue weighted by Crippen LogP contribution is 2.19. The molecular weight excluding hydrogens is 320 g/mol. The lowest BCUT2D eigenvalue weighted by atomic mass is 10.0. The molecule has 0 bridgehead atoms. The van der Waals surface area contributed by atoms with Gasteiger partial charge in [-0.15, -0.1) is 10.2 Å². The van der Waals surface area contributed by atoms with Crippen molar-refractivity contribution in [1.82, 2.24) is 19.9 Å². The summed E-state index contributed by atoms with van der Waals surface area (Å²) in [5.74, 6) is 0.295. The Labute approximate surface area is 145 Å². The second-order valence-electron chi connectivity index (χ2n) is 5.83. The zero-order valence-corrected chi connectivity index (χ0v) is 14.8. The van der Waals surface area contributed by atoms with E-state index >= 15 is 0 Å². The number of nitrogens with zero attached hydrogens (tertiary/aromatic N) is 3. The molecule has 1 aromatic carbocycles.